The van der Waals surface area contributed by atoms with Gasteiger partial charge < -0.3 is 5.73 Å². The van der Waals surface area contributed by atoms with Crippen molar-refractivity contribution in [3.8, 4) is 11.5 Å². The summed E-state index contributed by atoms with van der Waals surface area (Å²) in [5.41, 5.74) is 7.02. The van der Waals surface area contributed by atoms with Gasteiger partial charge in [0.05, 0.1) is 15.5 Å². The molecule has 0 saturated heterocycles. The summed E-state index contributed by atoms with van der Waals surface area (Å²) in [5, 5.41) is 0. The van der Waals surface area contributed by atoms with Gasteiger partial charge in [0.1, 0.15) is 17.3 Å². The second-order valence-corrected chi connectivity index (χ2v) is 4.27. The maximum atomic E-state index is 12.7. The Labute approximate surface area is 105 Å². The highest BCUT2D eigenvalue weighted by Crippen LogP contribution is 2.20. The first-order chi connectivity index (χ1) is 7.58. The third kappa shape index (κ3) is 2.11. The number of nitrogen functional groups attached to an aromatic ring is 1. The molecule has 16 heavy (non-hydrogen) atoms. The summed E-state index contributed by atoms with van der Waals surface area (Å²) in [5.74, 6) is 0.434. The van der Waals surface area contributed by atoms with E-state index < -0.39 is 0 Å². The van der Waals surface area contributed by atoms with Gasteiger partial charge in [0.2, 0.25) is 0 Å². The lowest BCUT2D eigenvalue weighted by molar-refractivity contribution is 0.621. The van der Waals surface area contributed by atoms with Crippen molar-refractivity contribution in [2.45, 2.75) is 6.92 Å². The number of aromatic nitrogens is 3. The van der Waals surface area contributed by atoms with E-state index in [0.717, 1.165) is 15.5 Å². The van der Waals surface area contributed by atoms with Crippen molar-refractivity contribution in [2.24, 2.45) is 0 Å². The predicted octanol–water partition coefficient (Wildman–Crippen LogP) is 2.17. The number of hydrogen-bond acceptors (Lipinski definition) is 4. The first kappa shape index (κ1) is 11.2. The van der Waals surface area contributed by atoms with E-state index in [0.29, 0.717) is 17.3 Å². The van der Waals surface area contributed by atoms with Crippen molar-refractivity contribution in [3.63, 3.8) is 0 Å². The minimum absolute atomic E-state index is 0.390. The van der Waals surface area contributed by atoms with E-state index in [-0.39, 0.29) is 5.82 Å². The molecule has 0 atom stereocenters. The highest BCUT2D eigenvalue weighted by Gasteiger charge is 2.09. The van der Waals surface area contributed by atoms with Crippen LogP contribution >= 0.6 is 22.6 Å². The van der Waals surface area contributed by atoms with Crippen molar-refractivity contribution in [2.75, 3.05) is 5.73 Å². The number of pyridine rings is 1. The number of anilines is 1. The molecule has 0 spiro atoms. The van der Waals surface area contributed by atoms with Crippen LogP contribution in [0, 0.1) is 16.3 Å². The molecule has 2 aromatic heterocycles. The Morgan fingerprint density at radius 2 is 2.06 bits per heavy atom. The van der Waals surface area contributed by atoms with Crippen LogP contribution in [0.4, 0.5) is 10.2 Å². The Morgan fingerprint density at radius 3 is 2.62 bits per heavy atom. The maximum absolute atomic E-state index is 12.7. The zero-order valence-corrected chi connectivity index (χ0v) is 10.6. The van der Waals surface area contributed by atoms with Crippen LogP contribution in [0.1, 0.15) is 5.69 Å². The van der Waals surface area contributed by atoms with E-state index in [1.807, 2.05) is 6.92 Å². The predicted molar refractivity (Wildman–Crippen MR) is 67.1 cm³/mol. The van der Waals surface area contributed by atoms with Crippen molar-refractivity contribution in [3.05, 3.63) is 33.4 Å². The molecule has 0 unspecified atom stereocenters. The van der Waals surface area contributed by atoms with Gasteiger partial charge >= 0.3 is 0 Å². The molecule has 4 nitrogen and oxygen atoms in total. The highest BCUT2D eigenvalue weighted by molar-refractivity contribution is 14.1. The minimum atomic E-state index is -0.390. The standard InChI is InChI=1S/C10H8FIN4/c1-5-8(12)9(13)16-10(15-5)7-3-2-6(11)4-14-7/h2-4H,1H3,(H2,13,15,16). The van der Waals surface area contributed by atoms with E-state index in [9.17, 15) is 4.39 Å². The van der Waals surface area contributed by atoms with Crippen LogP contribution in [-0.2, 0) is 0 Å². The average molecular weight is 330 g/mol. The number of nitrogens with zero attached hydrogens (tertiary/aromatic N) is 3. The van der Waals surface area contributed by atoms with Gasteiger partial charge in [0.15, 0.2) is 5.82 Å². The second kappa shape index (κ2) is 4.28. The molecule has 2 aromatic rings. The molecule has 0 saturated carbocycles. The summed E-state index contributed by atoms with van der Waals surface area (Å²) >= 11 is 2.08. The zero-order chi connectivity index (χ0) is 11.7. The molecule has 82 valence electrons. The summed E-state index contributed by atoms with van der Waals surface area (Å²) < 4.78 is 13.5. The number of rotatable bonds is 1. The SMILES string of the molecule is Cc1nc(-c2ccc(F)cn2)nc(N)c1I. The van der Waals surface area contributed by atoms with Crippen LogP contribution < -0.4 is 5.73 Å². The first-order valence-corrected chi connectivity index (χ1v) is 5.57. The largest absolute Gasteiger partial charge is 0.383 e. The van der Waals surface area contributed by atoms with E-state index in [4.69, 9.17) is 5.73 Å². The van der Waals surface area contributed by atoms with E-state index in [1.54, 1.807) is 0 Å². The van der Waals surface area contributed by atoms with Gasteiger partial charge in [-0.15, -0.1) is 0 Å². The number of nitrogens with two attached hydrogens (primary N) is 1. The Balaban J connectivity index is 2.52. The van der Waals surface area contributed by atoms with E-state index >= 15 is 0 Å². The van der Waals surface area contributed by atoms with Gasteiger partial charge in [0.25, 0.3) is 0 Å². The maximum Gasteiger partial charge on any atom is 0.180 e. The van der Waals surface area contributed by atoms with Crippen LogP contribution in [0.15, 0.2) is 18.3 Å². The van der Waals surface area contributed by atoms with Gasteiger partial charge in [-0.1, -0.05) is 0 Å². The molecule has 0 aliphatic carbocycles. The molecule has 0 aliphatic rings. The molecule has 0 fully saturated rings. The van der Waals surface area contributed by atoms with E-state index in [1.165, 1.54) is 12.1 Å². The Hall–Kier alpha value is -1.31. The fraction of sp³-hybridized carbons (Fsp3) is 0.100. The van der Waals surface area contributed by atoms with Crippen molar-refractivity contribution in [1.29, 1.82) is 0 Å². The average Bonchev–Trinajstić information content (AvgIpc) is 2.26. The summed E-state index contributed by atoms with van der Waals surface area (Å²) in [7, 11) is 0. The molecule has 6 heteroatoms. The zero-order valence-electron chi connectivity index (χ0n) is 8.41. The lowest BCUT2D eigenvalue weighted by Gasteiger charge is -2.04. The van der Waals surface area contributed by atoms with Crippen LogP contribution in [0.25, 0.3) is 11.5 Å². The molecule has 0 aromatic carbocycles. The number of aryl methyl sites for hydroxylation is 1. The lowest BCUT2D eigenvalue weighted by Crippen LogP contribution is -2.02. The van der Waals surface area contributed by atoms with Gasteiger partial charge in [-0.2, -0.15) is 0 Å². The summed E-state index contributed by atoms with van der Waals surface area (Å²) in [4.78, 5) is 12.3. The third-order valence-corrected chi connectivity index (χ3v) is 3.33. The second-order valence-electron chi connectivity index (χ2n) is 3.19. The van der Waals surface area contributed by atoms with Crippen molar-refractivity contribution >= 4 is 28.4 Å². The molecule has 0 bridgehead atoms. The minimum Gasteiger partial charge on any atom is -0.383 e. The summed E-state index contributed by atoms with van der Waals surface area (Å²) in [6, 6.07) is 2.84. The fourth-order valence-electron chi connectivity index (χ4n) is 1.20. The Bertz CT molecular complexity index is 504. The third-order valence-electron chi connectivity index (χ3n) is 2.00. The summed E-state index contributed by atoms with van der Waals surface area (Å²) in [6.45, 7) is 1.84. The Kier molecular flexibility index (Phi) is 2.99. The summed E-state index contributed by atoms with van der Waals surface area (Å²) in [6.07, 6.45) is 1.13. The molecule has 0 amide bonds. The molecule has 0 radical (unpaired) electrons. The van der Waals surface area contributed by atoms with E-state index in [2.05, 4.69) is 37.5 Å². The number of halogens is 2. The topological polar surface area (TPSA) is 64.7 Å². The molecular weight excluding hydrogens is 322 g/mol. The van der Waals surface area contributed by atoms with Crippen molar-refractivity contribution in [1.82, 2.24) is 15.0 Å². The quantitative estimate of drug-likeness (QED) is 0.814. The van der Waals surface area contributed by atoms with Crippen LogP contribution in [0.3, 0.4) is 0 Å². The van der Waals surface area contributed by atoms with Crippen LogP contribution in [-0.4, -0.2) is 15.0 Å². The first-order valence-electron chi connectivity index (χ1n) is 4.49. The highest BCUT2D eigenvalue weighted by atomic mass is 127. The number of hydrogen-bond donors (Lipinski definition) is 1. The van der Waals surface area contributed by atoms with Crippen molar-refractivity contribution < 1.29 is 4.39 Å². The lowest BCUT2D eigenvalue weighted by atomic mass is 10.3. The molecule has 2 heterocycles. The Morgan fingerprint density at radius 1 is 1.31 bits per heavy atom. The molecule has 2 rings (SSSR count). The van der Waals surface area contributed by atoms with Gasteiger partial charge in [-0.3, -0.25) is 0 Å². The van der Waals surface area contributed by atoms with Gasteiger partial charge in [-0.05, 0) is 41.6 Å². The van der Waals surface area contributed by atoms with Crippen LogP contribution in [0.2, 0.25) is 0 Å². The molecule has 2 N–H and O–H groups in total. The monoisotopic (exact) mass is 330 g/mol. The van der Waals surface area contributed by atoms with Crippen LogP contribution in [0.5, 0.6) is 0 Å². The fourth-order valence-corrected chi connectivity index (χ4v) is 1.45. The molecular formula is C10H8FIN4. The smallest absolute Gasteiger partial charge is 0.180 e. The van der Waals surface area contributed by atoms with Gasteiger partial charge in [-0.25, -0.2) is 19.3 Å². The normalized spacial score (nSPS) is 10.4. The van der Waals surface area contributed by atoms with Gasteiger partial charge in [0, 0.05) is 0 Å². The molecule has 0 aliphatic heterocycles.